The van der Waals surface area contributed by atoms with Crippen molar-refractivity contribution < 1.29 is 9.26 Å². The molecule has 134 valence electrons. The average Bonchev–Trinajstić information content (AvgIpc) is 3.32. The molecule has 2 aromatic rings. The molecule has 2 aliphatic rings. The van der Waals surface area contributed by atoms with E-state index >= 15 is 0 Å². The quantitative estimate of drug-likeness (QED) is 0.831. The lowest BCUT2D eigenvalue weighted by molar-refractivity contribution is 0.192. The summed E-state index contributed by atoms with van der Waals surface area (Å²) in [5.74, 6) is 1.88. The predicted molar refractivity (Wildman–Crippen MR) is 96.0 cm³/mol. The largest absolute Gasteiger partial charge is 0.381 e. The van der Waals surface area contributed by atoms with Gasteiger partial charge in [-0.3, -0.25) is 4.90 Å². The van der Waals surface area contributed by atoms with E-state index in [0.29, 0.717) is 5.92 Å². The van der Waals surface area contributed by atoms with Crippen LogP contribution in [0, 0.1) is 6.92 Å². The molecule has 25 heavy (non-hydrogen) atoms. The molecule has 1 aromatic heterocycles. The van der Waals surface area contributed by atoms with Crippen LogP contribution in [-0.4, -0.2) is 61.0 Å². The Morgan fingerprint density at radius 1 is 1.20 bits per heavy atom. The summed E-state index contributed by atoms with van der Waals surface area (Å²) in [6.07, 6.45) is 1.82. The molecule has 6 heteroatoms. The van der Waals surface area contributed by atoms with E-state index in [1.807, 2.05) is 0 Å². The van der Waals surface area contributed by atoms with Crippen LogP contribution in [0.15, 0.2) is 28.8 Å². The van der Waals surface area contributed by atoms with Crippen molar-refractivity contribution in [3.63, 3.8) is 0 Å². The summed E-state index contributed by atoms with van der Waals surface area (Å²) in [5, 5.41) is 4.13. The van der Waals surface area contributed by atoms with E-state index < -0.39 is 0 Å². The normalized spacial score (nSPS) is 21.8. The zero-order valence-electron chi connectivity index (χ0n) is 14.9. The van der Waals surface area contributed by atoms with Gasteiger partial charge in [0.2, 0.25) is 5.89 Å². The van der Waals surface area contributed by atoms with Crippen LogP contribution in [0.3, 0.4) is 0 Å². The topological polar surface area (TPSA) is 54.6 Å². The van der Waals surface area contributed by atoms with Crippen LogP contribution in [-0.2, 0) is 11.2 Å². The maximum atomic E-state index is 5.42. The molecule has 0 amide bonds. The lowest BCUT2D eigenvalue weighted by Crippen LogP contribution is -2.47. The van der Waals surface area contributed by atoms with Gasteiger partial charge < -0.3 is 14.2 Å². The Morgan fingerprint density at radius 3 is 2.84 bits per heavy atom. The summed E-state index contributed by atoms with van der Waals surface area (Å²) in [6, 6.07) is 8.76. The molecule has 0 aliphatic carbocycles. The van der Waals surface area contributed by atoms with Crippen LogP contribution in [0.1, 0.15) is 29.6 Å². The Morgan fingerprint density at radius 2 is 2.08 bits per heavy atom. The summed E-state index contributed by atoms with van der Waals surface area (Å²) >= 11 is 0. The summed E-state index contributed by atoms with van der Waals surface area (Å²) in [4.78, 5) is 9.50. The van der Waals surface area contributed by atoms with Crippen molar-refractivity contribution in [1.29, 1.82) is 0 Å². The van der Waals surface area contributed by atoms with Gasteiger partial charge in [0.05, 0.1) is 6.61 Å². The van der Waals surface area contributed by atoms with Crippen molar-refractivity contribution in [2.24, 2.45) is 0 Å². The molecule has 6 nitrogen and oxygen atoms in total. The van der Waals surface area contributed by atoms with Gasteiger partial charge in [0.15, 0.2) is 5.82 Å². The summed E-state index contributed by atoms with van der Waals surface area (Å²) in [5.41, 5.74) is 2.65. The molecule has 0 saturated carbocycles. The molecule has 2 saturated heterocycles. The highest BCUT2D eigenvalue weighted by atomic mass is 16.5. The first-order chi connectivity index (χ1) is 12.3. The minimum Gasteiger partial charge on any atom is -0.381 e. The molecule has 3 heterocycles. The second-order valence-corrected chi connectivity index (χ2v) is 7.02. The van der Waals surface area contributed by atoms with Gasteiger partial charge in [0, 0.05) is 57.4 Å². The van der Waals surface area contributed by atoms with Gasteiger partial charge in [0.1, 0.15) is 0 Å². The van der Waals surface area contributed by atoms with Crippen molar-refractivity contribution >= 4 is 5.69 Å². The second-order valence-electron chi connectivity index (χ2n) is 7.02. The first kappa shape index (κ1) is 16.5. The molecule has 0 N–H and O–H groups in total. The van der Waals surface area contributed by atoms with Gasteiger partial charge in [-0.2, -0.15) is 4.98 Å². The van der Waals surface area contributed by atoms with E-state index in [1.54, 1.807) is 0 Å². The number of anilines is 1. The zero-order valence-corrected chi connectivity index (χ0v) is 14.9. The minimum absolute atomic E-state index is 0.315. The number of piperazine rings is 1. The highest BCUT2D eigenvalue weighted by Crippen LogP contribution is 2.22. The van der Waals surface area contributed by atoms with Crippen molar-refractivity contribution in [3.05, 3.63) is 41.5 Å². The van der Waals surface area contributed by atoms with Gasteiger partial charge in [-0.15, -0.1) is 0 Å². The molecule has 1 atom stereocenters. The third-order valence-corrected chi connectivity index (χ3v) is 5.16. The predicted octanol–water partition coefficient (Wildman–Crippen LogP) is 2.25. The maximum absolute atomic E-state index is 5.42. The summed E-state index contributed by atoms with van der Waals surface area (Å²) in [7, 11) is 0. The Kier molecular flexibility index (Phi) is 4.99. The van der Waals surface area contributed by atoms with Gasteiger partial charge in [-0.1, -0.05) is 17.3 Å². The Labute approximate surface area is 148 Å². The van der Waals surface area contributed by atoms with Crippen LogP contribution < -0.4 is 4.90 Å². The SMILES string of the molecule is Cc1cccc(N2CCN(CCc3nc([C@@H]4CCOC4)no3)CC2)c1. The van der Waals surface area contributed by atoms with Crippen LogP contribution in [0.25, 0.3) is 0 Å². The lowest BCUT2D eigenvalue weighted by atomic mass is 10.1. The Hall–Kier alpha value is -1.92. The van der Waals surface area contributed by atoms with Crippen LogP contribution in [0.4, 0.5) is 5.69 Å². The molecule has 0 radical (unpaired) electrons. The standard InChI is InChI=1S/C19H26N4O2/c1-15-3-2-4-17(13-15)23-10-8-22(9-11-23)7-5-18-20-19(21-25-18)16-6-12-24-14-16/h2-4,13,16H,5-12,14H2,1H3/t16-/m1/s1. The molecule has 0 spiro atoms. The van der Waals surface area contributed by atoms with Gasteiger partial charge in [-0.25, -0.2) is 0 Å². The van der Waals surface area contributed by atoms with E-state index in [9.17, 15) is 0 Å². The molecule has 1 aromatic carbocycles. The number of aromatic nitrogens is 2. The second kappa shape index (κ2) is 7.54. The molecule has 2 fully saturated rings. The fraction of sp³-hybridized carbons (Fsp3) is 0.579. The molecule has 0 unspecified atom stereocenters. The molecular formula is C19H26N4O2. The average molecular weight is 342 g/mol. The summed E-state index contributed by atoms with van der Waals surface area (Å²) in [6.45, 7) is 8.94. The van der Waals surface area contributed by atoms with Crippen molar-refractivity contribution in [2.45, 2.75) is 25.7 Å². The number of rotatable bonds is 5. The third-order valence-electron chi connectivity index (χ3n) is 5.16. The van der Waals surface area contributed by atoms with Crippen LogP contribution in [0.5, 0.6) is 0 Å². The van der Waals surface area contributed by atoms with E-state index in [1.165, 1.54) is 11.3 Å². The Bertz CT molecular complexity index is 688. The van der Waals surface area contributed by atoms with Crippen molar-refractivity contribution in [3.8, 4) is 0 Å². The molecule has 2 aliphatic heterocycles. The lowest BCUT2D eigenvalue weighted by Gasteiger charge is -2.36. The highest BCUT2D eigenvalue weighted by Gasteiger charge is 2.23. The number of nitrogens with zero attached hydrogens (tertiary/aromatic N) is 4. The Balaban J connectivity index is 1.25. The first-order valence-corrected chi connectivity index (χ1v) is 9.22. The number of hydrogen-bond donors (Lipinski definition) is 0. The zero-order chi connectivity index (χ0) is 17.1. The first-order valence-electron chi connectivity index (χ1n) is 9.22. The van der Waals surface area contributed by atoms with E-state index in [2.05, 4.69) is 51.1 Å². The summed E-state index contributed by atoms with van der Waals surface area (Å²) < 4.78 is 10.8. The maximum Gasteiger partial charge on any atom is 0.227 e. The van der Waals surface area contributed by atoms with E-state index in [4.69, 9.17) is 9.26 Å². The van der Waals surface area contributed by atoms with Crippen molar-refractivity contribution in [2.75, 3.05) is 50.8 Å². The third kappa shape index (κ3) is 4.02. The van der Waals surface area contributed by atoms with E-state index in [0.717, 1.165) is 70.5 Å². The fourth-order valence-corrected chi connectivity index (χ4v) is 3.58. The molecular weight excluding hydrogens is 316 g/mol. The smallest absolute Gasteiger partial charge is 0.227 e. The number of aryl methyl sites for hydroxylation is 1. The minimum atomic E-state index is 0.315. The number of hydrogen-bond acceptors (Lipinski definition) is 6. The van der Waals surface area contributed by atoms with Crippen LogP contribution in [0.2, 0.25) is 0 Å². The van der Waals surface area contributed by atoms with Gasteiger partial charge >= 0.3 is 0 Å². The van der Waals surface area contributed by atoms with Gasteiger partial charge in [-0.05, 0) is 31.0 Å². The fourth-order valence-electron chi connectivity index (χ4n) is 3.58. The van der Waals surface area contributed by atoms with Crippen LogP contribution >= 0.6 is 0 Å². The van der Waals surface area contributed by atoms with E-state index in [-0.39, 0.29) is 0 Å². The molecule has 0 bridgehead atoms. The number of benzene rings is 1. The monoisotopic (exact) mass is 342 g/mol. The van der Waals surface area contributed by atoms with Crippen molar-refractivity contribution in [1.82, 2.24) is 15.0 Å². The highest BCUT2D eigenvalue weighted by molar-refractivity contribution is 5.48. The number of ether oxygens (including phenoxy) is 1. The molecule has 4 rings (SSSR count). The van der Waals surface area contributed by atoms with Gasteiger partial charge in [0.25, 0.3) is 0 Å².